The molecule has 1 aliphatic rings. The Morgan fingerprint density at radius 2 is 2.17 bits per heavy atom. The quantitative estimate of drug-likeness (QED) is 0.832. The molecule has 7 nitrogen and oxygen atoms in total. The van der Waals surface area contributed by atoms with Crippen LogP contribution < -0.4 is 9.46 Å². The first kappa shape index (κ1) is 15.9. The molecule has 0 bridgehead atoms. The number of nitrogens with zero attached hydrogens (tertiary/aromatic N) is 2. The summed E-state index contributed by atoms with van der Waals surface area (Å²) in [6, 6.07) is 4.88. The Kier molecular flexibility index (Phi) is 4.36. The van der Waals surface area contributed by atoms with Gasteiger partial charge in [-0.15, -0.1) is 0 Å². The summed E-state index contributed by atoms with van der Waals surface area (Å²) < 4.78 is 37.7. The topological polar surface area (TPSA) is 94.3 Å². The zero-order chi connectivity index (χ0) is 16.4. The average Bonchev–Trinajstić information content (AvgIpc) is 3.24. The van der Waals surface area contributed by atoms with Crippen molar-refractivity contribution in [1.29, 1.82) is 0 Å². The third-order valence-electron chi connectivity index (χ3n) is 3.59. The van der Waals surface area contributed by atoms with Crippen LogP contribution in [-0.2, 0) is 16.6 Å². The fourth-order valence-electron chi connectivity index (χ4n) is 2.26. The van der Waals surface area contributed by atoms with Crippen LogP contribution in [0.25, 0.3) is 0 Å². The van der Waals surface area contributed by atoms with Crippen molar-refractivity contribution in [2.75, 3.05) is 6.61 Å². The van der Waals surface area contributed by atoms with E-state index in [1.165, 1.54) is 6.07 Å². The zero-order valence-corrected chi connectivity index (χ0v) is 13.9. The molecule has 2 aromatic rings. The molecular weight excluding hydrogens is 318 g/mol. The third kappa shape index (κ3) is 3.70. The minimum atomic E-state index is -3.65. The Morgan fingerprint density at radius 3 is 2.83 bits per heavy atom. The van der Waals surface area contributed by atoms with Crippen LogP contribution in [0.1, 0.15) is 43.0 Å². The summed E-state index contributed by atoms with van der Waals surface area (Å²) in [5, 5.41) is 3.86. The largest absolute Gasteiger partial charge is 0.494 e. The molecule has 1 aromatic heterocycles. The van der Waals surface area contributed by atoms with Gasteiger partial charge in [0.05, 0.1) is 18.0 Å². The van der Waals surface area contributed by atoms with E-state index in [1.807, 2.05) is 6.92 Å². The molecule has 1 N–H and O–H groups in total. The molecule has 1 fully saturated rings. The van der Waals surface area contributed by atoms with Gasteiger partial charge in [0.15, 0.2) is 5.82 Å². The van der Waals surface area contributed by atoms with Crippen LogP contribution in [-0.4, -0.2) is 25.2 Å². The van der Waals surface area contributed by atoms with Crippen molar-refractivity contribution in [1.82, 2.24) is 14.9 Å². The third-order valence-corrected chi connectivity index (χ3v) is 5.15. The van der Waals surface area contributed by atoms with Crippen molar-refractivity contribution in [2.45, 2.75) is 44.0 Å². The van der Waals surface area contributed by atoms with Crippen molar-refractivity contribution in [2.24, 2.45) is 0 Å². The van der Waals surface area contributed by atoms with E-state index in [-0.39, 0.29) is 17.3 Å². The first-order valence-corrected chi connectivity index (χ1v) is 9.03. The Labute approximate surface area is 135 Å². The molecule has 0 saturated heterocycles. The smallest absolute Gasteiger partial charge is 0.241 e. The first-order valence-electron chi connectivity index (χ1n) is 7.55. The van der Waals surface area contributed by atoms with Crippen molar-refractivity contribution >= 4 is 10.0 Å². The highest BCUT2D eigenvalue weighted by Crippen LogP contribution is 2.38. The second-order valence-corrected chi connectivity index (χ2v) is 7.24. The Balaban J connectivity index is 1.70. The molecule has 1 saturated carbocycles. The zero-order valence-electron chi connectivity index (χ0n) is 13.1. The van der Waals surface area contributed by atoms with Gasteiger partial charge in [-0.2, -0.15) is 4.98 Å². The maximum absolute atomic E-state index is 12.4. The molecule has 0 spiro atoms. The lowest BCUT2D eigenvalue weighted by molar-refractivity contribution is 0.339. The van der Waals surface area contributed by atoms with Crippen LogP contribution in [0, 0.1) is 6.92 Å². The standard InChI is InChI=1S/C15H19N3O4S/c1-3-21-12-6-7-13(10(2)8-12)23(19,20)16-9-14-17-15(18-22-14)11-4-5-11/h6-8,11,16H,3-5,9H2,1-2H3. The van der Waals surface area contributed by atoms with Crippen molar-refractivity contribution < 1.29 is 17.7 Å². The van der Waals surface area contributed by atoms with E-state index >= 15 is 0 Å². The summed E-state index contributed by atoms with van der Waals surface area (Å²) in [4.78, 5) is 4.42. The predicted octanol–water partition coefficient (Wildman–Crippen LogP) is 2.13. The minimum absolute atomic E-state index is 0.0191. The van der Waals surface area contributed by atoms with Crippen LogP contribution in [0.2, 0.25) is 0 Å². The molecule has 0 aliphatic heterocycles. The highest BCUT2D eigenvalue weighted by atomic mass is 32.2. The molecule has 23 heavy (non-hydrogen) atoms. The summed E-state index contributed by atoms with van der Waals surface area (Å²) >= 11 is 0. The number of benzene rings is 1. The molecule has 1 heterocycles. The van der Waals surface area contributed by atoms with E-state index in [2.05, 4.69) is 14.9 Å². The number of aryl methyl sites for hydroxylation is 1. The van der Waals surface area contributed by atoms with Crippen LogP contribution in [0.15, 0.2) is 27.6 Å². The van der Waals surface area contributed by atoms with Gasteiger partial charge in [0.25, 0.3) is 0 Å². The Hall–Kier alpha value is -1.93. The average molecular weight is 337 g/mol. The van der Waals surface area contributed by atoms with Crippen LogP contribution in [0.3, 0.4) is 0 Å². The number of rotatable bonds is 7. The molecule has 0 atom stereocenters. The summed E-state index contributed by atoms with van der Waals surface area (Å²) in [6.07, 6.45) is 2.13. The lowest BCUT2D eigenvalue weighted by Gasteiger charge is -2.10. The van der Waals surface area contributed by atoms with Gasteiger partial charge in [0.1, 0.15) is 5.75 Å². The van der Waals surface area contributed by atoms with Crippen molar-refractivity contribution in [3.8, 4) is 5.75 Å². The summed E-state index contributed by atoms with van der Waals surface area (Å²) in [5.74, 6) is 1.96. The second-order valence-electron chi connectivity index (χ2n) is 5.51. The van der Waals surface area contributed by atoms with E-state index < -0.39 is 10.0 Å². The fourth-order valence-corrected chi connectivity index (χ4v) is 3.46. The molecule has 8 heteroatoms. The molecular formula is C15H19N3O4S. The monoisotopic (exact) mass is 337 g/mol. The fraction of sp³-hybridized carbons (Fsp3) is 0.467. The first-order chi connectivity index (χ1) is 11.0. The number of ether oxygens (including phenoxy) is 1. The van der Waals surface area contributed by atoms with Crippen molar-refractivity contribution in [3.63, 3.8) is 0 Å². The molecule has 0 amide bonds. The molecule has 1 aliphatic carbocycles. The maximum atomic E-state index is 12.4. The molecule has 3 rings (SSSR count). The van der Waals surface area contributed by atoms with Crippen LogP contribution in [0.4, 0.5) is 0 Å². The lowest BCUT2D eigenvalue weighted by atomic mass is 10.2. The Morgan fingerprint density at radius 1 is 1.39 bits per heavy atom. The van der Waals surface area contributed by atoms with Gasteiger partial charge < -0.3 is 9.26 Å². The number of aromatic nitrogens is 2. The number of hydrogen-bond acceptors (Lipinski definition) is 6. The predicted molar refractivity (Wildman–Crippen MR) is 82.6 cm³/mol. The molecule has 0 radical (unpaired) electrons. The van der Waals surface area contributed by atoms with Crippen LogP contribution >= 0.6 is 0 Å². The number of nitrogens with one attached hydrogen (secondary N) is 1. The number of hydrogen-bond donors (Lipinski definition) is 1. The van der Waals surface area contributed by atoms with Gasteiger partial charge in [0.2, 0.25) is 15.9 Å². The minimum Gasteiger partial charge on any atom is -0.494 e. The number of sulfonamides is 1. The highest BCUT2D eigenvalue weighted by Gasteiger charge is 2.29. The summed E-state index contributed by atoms with van der Waals surface area (Å²) in [5.41, 5.74) is 0.618. The van der Waals surface area contributed by atoms with E-state index in [0.717, 1.165) is 12.8 Å². The van der Waals surface area contributed by atoms with E-state index in [1.54, 1.807) is 19.1 Å². The van der Waals surface area contributed by atoms with E-state index in [0.29, 0.717) is 29.7 Å². The van der Waals surface area contributed by atoms with E-state index in [4.69, 9.17) is 9.26 Å². The van der Waals surface area contributed by atoms with E-state index in [9.17, 15) is 8.42 Å². The highest BCUT2D eigenvalue weighted by molar-refractivity contribution is 7.89. The van der Waals surface area contributed by atoms with Gasteiger partial charge >= 0.3 is 0 Å². The molecule has 0 unspecified atom stereocenters. The SMILES string of the molecule is CCOc1ccc(S(=O)(=O)NCc2nc(C3CC3)no2)c(C)c1. The van der Waals surface area contributed by atoms with Crippen LogP contribution in [0.5, 0.6) is 5.75 Å². The normalized spacial score (nSPS) is 14.9. The molecule has 124 valence electrons. The van der Waals surface area contributed by atoms with Crippen molar-refractivity contribution in [3.05, 3.63) is 35.5 Å². The van der Waals surface area contributed by atoms with Gasteiger partial charge in [0, 0.05) is 5.92 Å². The van der Waals surface area contributed by atoms with Gasteiger partial charge in [-0.25, -0.2) is 13.1 Å². The lowest BCUT2D eigenvalue weighted by Crippen LogP contribution is -2.24. The van der Waals surface area contributed by atoms with Gasteiger partial charge in [-0.3, -0.25) is 0 Å². The second kappa shape index (κ2) is 6.29. The summed E-state index contributed by atoms with van der Waals surface area (Å²) in [6.45, 7) is 4.12. The Bertz CT molecular complexity index is 797. The molecule has 1 aromatic carbocycles. The maximum Gasteiger partial charge on any atom is 0.241 e. The van der Waals surface area contributed by atoms with Gasteiger partial charge in [-0.05, 0) is 50.5 Å². The van der Waals surface area contributed by atoms with Gasteiger partial charge in [-0.1, -0.05) is 5.16 Å². The summed E-state index contributed by atoms with van der Waals surface area (Å²) in [7, 11) is -3.65.